The van der Waals surface area contributed by atoms with Gasteiger partial charge in [-0.05, 0) is 29.3 Å². The lowest BCUT2D eigenvalue weighted by atomic mass is 10.2. The van der Waals surface area contributed by atoms with E-state index in [1.165, 1.54) is 5.56 Å². The maximum absolute atomic E-state index is 5.29. The lowest BCUT2D eigenvalue weighted by Crippen LogP contribution is -2.04. The van der Waals surface area contributed by atoms with Crippen LogP contribution >= 0.6 is 11.3 Å². The maximum Gasteiger partial charge on any atom is 0.249 e. The van der Waals surface area contributed by atoms with Crippen LogP contribution in [0.3, 0.4) is 0 Å². The quantitative estimate of drug-likeness (QED) is 0.723. The summed E-state index contributed by atoms with van der Waals surface area (Å²) in [6, 6.07) is 2.08. The Morgan fingerprint density at radius 2 is 2.44 bits per heavy atom. The molecule has 5 nitrogen and oxygen atoms in total. The standard InChI is InChI=1S/C12H12N4OS/c1-9(16-4-3-13-8-16)12-14-11(15-17-12)6-10-2-5-18-7-10/h2-5,7-9H,6H2,1H3/t9-/m1/s1. The topological polar surface area (TPSA) is 56.7 Å². The number of thiophene rings is 1. The van der Waals surface area contributed by atoms with Crippen molar-refractivity contribution in [2.75, 3.05) is 0 Å². The van der Waals surface area contributed by atoms with E-state index in [4.69, 9.17) is 4.52 Å². The van der Waals surface area contributed by atoms with Crippen molar-refractivity contribution in [3.8, 4) is 0 Å². The molecule has 3 rings (SSSR count). The van der Waals surface area contributed by atoms with E-state index in [9.17, 15) is 0 Å². The third kappa shape index (κ3) is 2.19. The summed E-state index contributed by atoms with van der Waals surface area (Å²) in [7, 11) is 0. The molecule has 0 radical (unpaired) electrons. The van der Waals surface area contributed by atoms with E-state index in [-0.39, 0.29) is 6.04 Å². The van der Waals surface area contributed by atoms with Crippen LogP contribution in [-0.4, -0.2) is 19.7 Å². The summed E-state index contributed by atoms with van der Waals surface area (Å²) in [5.41, 5.74) is 1.21. The Balaban J connectivity index is 1.77. The van der Waals surface area contributed by atoms with Gasteiger partial charge in [0.1, 0.15) is 6.04 Å². The van der Waals surface area contributed by atoms with Crippen molar-refractivity contribution in [2.24, 2.45) is 0 Å². The van der Waals surface area contributed by atoms with Gasteiger partial charge in [-0.2, -0.15) is 16.3 Å². The van der Waals surface area contributed by atoms with E-state index in [1.807, 2.05) is 23.1 Å². The van der Waals surface area contributed by atoms with Gasteiger partial charge in [0, 0.05) is 18.8 Å². The molecule has 92 valence electrons. The summed E-state index contributed by atoms with van der Waals surface area (Å²) < 4.78 is 7.23. The van der Waals surface area contributed by atoms with E-state index in [2.05, 4.69) is 26.6 Å². The van der Waals surface area contributed by atoms with Crippen LogP contribution in [0.1, 0.15) is 30.2 Å². The summed E-state index contributed by atoms with van der Waals surface area (Å²) in [6.45, 7) is 2.00. The van der Waals surface area contributed by atoms with Gasteiger partial charge < -0.3 is 9.09 Å². The fourth-order valence-electron chi connectivity index (χ4n) is 1.71. The molecule has 0 aliphatic carbocycles. The molecule has 6 heteroatoms. The summed E-state index contributed by atoms with van der Waals surface area (Å²) in [5, 5.41) is 8.15. The van der Waals surface area contributed by atoms with Crippen molar-refractivity contribution in [1.29, 1.82) is 0 Å². The number of imidazole rings is 1. The van der Waals surface area contributed by atoms with Gasteiger partial charge in [0.2, 0.25) is 5.89 Å². The second-order valence-electron chi connectivity index (χ2n) is 4.04. The molecule has 0 aromatic carbocycles. The van der Waals surface area contributed by atoms with Crippen molar-refractivity contribution >= 4 is 11.3 Å². The normalized spacial score (nSPS) is 12.7. The number of hydrogen-bond donors (Lipinski definition) is 0. The first-order valence-corrected chi connectivity index (χ1v) is 6.58. The van der Waals surface area contributed by atoms with Crippen LogP contribution in [0.15, 0.2) is 40.1 Å². The minimum atomic E-state index is 0.0104. The highest BCUT2D eigenvalue weighted by Crippen LogP contribution is 2.17. The molecule has 0 amide bonds. The number of aromatic nitrogens is 4. The van der Waals surface area contributed by atoms with Gasteiger partial charge in [-0.15, -0.1) is 0 Å². The zero-order chi connectivity index (χ0) is 12.4. The SMILES string of the molecule is C[C@H](c1nc(Cc2ccsc2)no1)n1ccnc1. The van der Waals surface area contributed by atoms with Crippen molar-refractivity contribution < 1.29 is 4.52 Å². The fraction of sp³-hybridized carbons (Fsp3) is 0.250. The number of rotatable bonds is 4. The molecule has 0 fully saturated rings. The molecule has 0 aliphatic heterocycles. The highest BCUT2D eigenvalue weighted by Gasteiger charge is 2.15. The van der Waals surface area contributed by atoms with Crippen LogP contribution in [0.25, 0.3) is 0 Å². The van der Waals surface area contributed by atoms with E-state index in [0.717, 1.165) is 5.82 Å². The fourth-order valence-corrected chi connectivity index (χ4v) is 2.38. The zero-order valence-electron chi connectivity index (χ0n) is 9.85. The average molecular weight is 260 g/mol. The first kappa shape index (κ1) is 11.2. The molecule has 0 aliphatic rings. The van der Waals surface area contributed by atoms with E-state index < -0.39 is 0 Å². The smallest absolute Gasteiger partial charge is 0.249 e. The average Bonchev–Trinajstić information content (AvgIpc) is 3.11. The van der Waals surface area contributed by atoms with Crippen molar-refractivity contribution in [2.45, 2.75) is 19.4 Å². The molecule has 1 atom stereocenters. The maximum atomic E-state index is 5.29. The summed E-state index contributed by atoms with van der Waals surface area (Å²) >= 11 is 1.67. The monoisotopic (exact) mass is 260 g/mol. The molecule has 18 heavy (non-hydrogen) atoms. The second kappa shape index (κ2) is 4.73. The van der Waals surface area contributed by atoms with Crippen LogP contribution in [0.4, 0.5) is 0 Å². The van der Waals surface area contributed by atoms with E-state index in [0.29, 0.717) is 12.3 Å². The molecular formula is C12H12N4OS. The van der Waals surface area contributed by atoms with Gasteiger partial charge in [-0.1, -0.05) is 5.16 Å². The summed E-state index contributed by atoms with van der Waals surface area (Å²) in [6.07, 6.45) is 6.07. The third-order valence-electron chi connectivity index (χ3n) is 2.76. The lowest BCUT2D eigenvalue weighted by molar-refractivity contribution is 0.342. The van der Waals surface area contributed by atoms with Gasteiger partial charge in [0.25, 0.3) is 0 Å². The summed E-state index contributed by atoms with van der Waals surface area (Å²) in [4.78, 5) is 8.43. The van der Waals surface area contributed by atoms with Gasteiger partial charge in [0.15, 0.2) is 5.82 Å². The molecule has 3 aromatic heterocycles. The first-order chi connectivity index (χ1) is 8.83. The largest absolute Gasteiger partial charge is 0.337 e. The van der Waals surface area contributed by atoms with Crippen LogP contribution in [0, 0.1) is 0 Å². The van der Waals surface area contributed by atoms with Crippen LogP contribution in [-0.2, 0) is 6.42 Å². The second-order valence-corrected chi connectivity index (χ2v) is 4.82. The molecule has 0 spiro atoms. The van der Waals surface area contributed by atoms with Crippen LogP contribution in [0.2, 0.25) is 0 Å². The van der Waals surface area contributed by atoms with E-state index in [1.54, 1.807) is 23.9 Å². The molecule has 0 N–H and O–H groups in total. The van der Waals surface area contributed by atoms with Gasteiger partial charge >= 0.3 is 0 Å². The van der Waals surface area contributed by atoms with Crippen molar-refractivity contribution in [3.05, 3.63) is 52.8 Å². The molecule has 3 heterocycles. The number of hydrogen-bond acceptors (Lipinski definition) is 5. The number of nitrogens with zero attached hydrogens (tertiary/aromatic N) is 4. The minimum Gasteiger partial charge on any atom is -0.337 e. The van der Waals surface area contributed by atoms with E-state index >= 15 is 0 Å². The predicted molar refractivity (Wildman–Crippen MR) is 67.5 cm³/mol. The Kier molecular flexibility index (Phi) is 2.93. The van der Waals surface area contributed by atoms with Gasteiger partial charge in [-0.25, -0.2) is 4.98 Å². The highest BCUT2D eigenvalue weighted by molar-refractivity contribution is 7.07. The van der Waals surface area contributed by atoms with Gasteiger partial charge in [0.05, 0.1) is 6.33 Å². The van der Waals surface area contributed by atoms with Crippen LogP contribution in [0.5, 0.6) is 0 Å². The lowest BCUT2D eigenvalue weighted by Gasteiger charge is -2.06. The molecule has 0 saturated heterocycles. The van der Waals surface area contributed by atoms with Crippen molar-refractivity contribution in [1.82, 2.24) is 19.7 Å². The third-order valence-corrected chi connectivity index (χ3v) is 3.49. The first-order valence-electron chi connectivity index (χ1n) is 5.64. The van der Waals surface area contributed by atoms with Crippen molar-refractivity contribution in [3.63, 3.8) is 0 Å². The molecule has 0 unspecified atom stereocenters. The zero-order valence-corrected chi connectivity index (χ0v) is 10.7. The Morgan fingerprint density at radius 3 is 3.17 bits per heavy atom. The van der Waals surface area contributed by atoms with Crippen LogP contribution < -0.4 is 0 Å². The molecular weight excluding hydrogens is 248 g/mol. The highest BCUT2D eigenvalue weighted by atomic mass is 32.1. The summed E-state index contributed by atoms with van der Waals surface area (Å²) in [5.74, 6) is 1.33. The Bertz CT molecular complexity index is 600. The Hall–Kier alpha value is -1.95. The van der Waals surface area contributed by atoms with Gasteiger partial charge in [-0.3, -0.25) is 0 Å². The predicted octanol–water partition coefficient (Wildman–Crippen LogP) is 2.53. The molecule has 3 aromatic rings. The minimum absolute atomic E-state index is 0.0104. The molecule has 0 saturated carbocycles. The Morgan fingerprint density at radius 1 is 1.50 bits per heavy atom. The molecule has 0 bridgehead atoms. The Labute approximate surface area is 108 Å².